The number of carbonyl (C=O) groups is 2. The molecule has 21 heavy (non-hydrogen) atoms. The first-order chi connectivity index (χ1) is 9.50. The highest BCUT2D eigenvalue weighted by Gasteiger charge is 2.42. The molecule has 11 heteroatoms. The highest BCUT2D eigenvalue weighted by atomic mass is 19.4. The first-order valence-corrected chi connectivity index (χ1v) is 4.94. The first kappa shape index (κ1) is 16.6. The summed E-state index contributed by atoms with van der Waals surface area (Å²) in [6.45, 7) is 0. The quantitative estimate of drug-likeness (QED) is 0.672. The van der Waals surface area contributed by atoms with Gasteiger partial charge in [-0.3, -0.25) is 4.79 Å². The van der Waals surface area contributed by atoms with Crippen molar-refractivity contribution in [2.45, 2.75) is 12.5 Å². The third-order valence-corrected chi connectivity index (χ3v) is 1.83. The van der Waals surface area contributed by atoms with Gasteiger partial charge in [-0.25, -0.2) is 4.79 Å². The lowest BCUT2D eigenvalue weighted by atomic mass is 10.2. The molecule has 0 fully saturated rings. The van der Waals surface area contributed by atoms with E-state index in [0.717, 1.165) is 29.7 Å². The summed E-state index contributed by atoms with van der Waals surface area (Å²) in [6.07, 6.45) is -10.5. The van der Waals surface area contributed by atoms with Crippen LogP contribution in [0.1, 0.15) is 10.4 Å². The molecule has 0 aliphatic carbocycles. The summed E-state index contributed by atoms with van der Waals surface area (Å²) in [5, 5.41) is 0. The molecule has 0 bridgehead atoms. The van der Waals surface area contributed by atoms with E-state index >= 15 is 0 Å². The fraction of sp³-hybridized carbons (Fsp3) is 0.200. The van der Waals surface area contributed by atoms with E-state index in [2.05, 4.69) is 9.57 Å². The number of benzene rings is 1. The van der Waals surface area contributed by atoms with Gasteiger partial charge in [0.25, 0.3) is 5.91 Å². The summed E-state index contributed by atoms with van der Waals surface area (Å²) >= 11 is 0. The molecule has 0 aromatic heterocycles. The molecule has 1 aromatic rings. The Bertz CT molecular complexity index is 539. The van der Waals surface area contributed by atoms with Crippen LogP contribution in [-0.4, -0.2) is 24.4 Å². The predicted molar refractivity (Wildman–Crippen MR) is 52.7 cm³/mol. The zero-order chi connectivity index (χ0) is 16.3. The zero-order valence-electron chi connectivity index (χ0n) is 9.71. The van der Waals surface area contributed by atoms with Crippen LogP contribution in [0.4, 0.5) is 26.3 Å². The van der Waals surface area contributed by atoms with Gasteiger partial charge < -0.3 is 9.57 Å². The van der Waals surface area contributed by atoms with Crippen LogP contribution in [0.2, 0.25) is 0 Å². The maximum absolute atomic E-state index is 12.1. The Hall–Kier alpha value is -2.46. The van der Waals surface area contributed by atoms with Crippen molar-refractivity contribution in [3.05, 3.63) is 29.8 Å². The monoisotopic (exact) mass is 317 g/mol. The van der Waals surface area contributed by atoms with E-state index in [0.29, 0.717) is 0 Å². The summed E-state index contributed by atoms with van der Waals surface area (Å²) in [5.74, 6) is -5.22. The van der Waals surface area contributed by atoms with Gasteiger partial charge in [-0.05, 0) is 12.1 Å². The van der Waals surface area contributed by atoms with E-state index < -0.39 is 35.7 Å². The van der Waals surface area contributed by atoms with Crippen molar-refractivity contribution in [3.63, 3.8) is 0 Å². The van der Waals surface area contributed by atoms with Gasteiger partial charge in [0.15, 0.2) is 0 Å². The zero-order valence-corrected chi connectivity index (χ0v) is 9.71. The third kappa shape index (κ3) is 5.20. The number of alkyl halides is 6. The van der Waals surface area contributed by atoms with Crippen LogP contribution in [0.25, 0.3) is 0 Å². The number of rotatable bonds is 2. The van der Waals surface area contributed by atoms with E-state index in [1.54, 1.807) is 0 Å². The maximum Gasteiger partial charge on any atom is 0.573 e. The van der Waals surface area contributed by atoms with E-state index in [-0.39, 0.29) is 0 Å². The second kappa shape index (κ2) is 5.89. The van der Waals surface area contributed by atoms with Gasteiger partial charge >= 0.3 is 18.5 Å². The SMILES string of the molecule is O=C(NOC(=O)C(F)(F)F)c1ccccc1OC(F)(F)F. The van der Waals surface area contributed by atoms with Crippen LogP contribution < -0.4 is 10.2 Å². The normalized spacial score (nSPS) is 11.7. The number of halogens is 6. The number of carbonyl (C=O) groups excluding carboxylic acids is 2. The molecule has 1 amide bonds. The number of nitrogens with one attached hydrogen (secondary N) is 1. The van der Waals surface area contributed by atoms with Gasteiger partial charge in [0.2, 0.25) is 0 Å². The number of para-hydroxylation sites is 1. The van der Waals surface area contributed by atoms with Gasteiger partial charge in [-0.1, -0.05) is 12.1 Å². The Balaban J connectivity index is 2.82. The van der Waals surface area contributed by atoms with Gasteiger partial charge in [-0.2, -0.15) is 18.7 Å². The van der Waals surface area contributed by atoms with Gasteiger partial charge in [0.1, 0.15) is 5.75 Å². The summed E-state index contributed by atoms with van der Waals surface area (Å²) < 4.78 is 75.1. The average molecular weight is 317 g/mol. The number of ether oxygens (including phenoxy) is 1. The first-order valence-electron chi connectivity index (χ1n) is 4.94. The summed E-state index contributed by atoms with van der Waals surface area (Å²) in [6, 6.07) is 3.81. The lowest BCUT2D eigenvalue weighted by molar-refractivity contribution is -0.274. The molecule has 0 spiro atoms. The van der Waals surface area contributed by atoms with Crippen molar-refractivity contribution in [1.82, 2.24) is 5.48 Å². The average Bonchev–Trinajstić information content (AvgIpc) is 2.33. The minimum atomic E-state index is -5.37. The van der Waals surface area contributed by atoms with Gasteiger partial charge in [-0.15, -0.1) is 13.2 Å². The van der Waals surface area contributed by atoms with Crippen LogP contribution in [0, 0.1) is 0 Å². The van der Waals surface area contributed by atoms with Gasteiger partial charge in [0, 0.05) is 0 Å². The Morgan fingerprint density at radius 1 is 1.00 bits per heavy atom. The number of hydroxylamine groups is 1. The van der Waals surface area contributed by atoms with E-state index in [1.165, 1.54) is 0 Å². The lowest BCUT2D eigenvalue weighted by Crippen LogP contribution is -2.35. The molecule has 0 aliphatic rings. The van der Waals surface area contributed by atoms with Crippen molar-refractivity contribution in [2.75, 3.05) is 0 Å². The lowest BCUT2D eigenvalue weighted by Gasteiger charge is -2.13. The van der Waals surface area contributed by atoms with Crippen molar-refractivity contribution in [3.8, 4) is 5.75 Å². The molecule has 5 nitrogen and oxygen atoms in total. The van der Waals surface area contributed by atoms with Gasteiger partial charge in [0.05, 0.1) is 5.56 Å². The van der Waals surface area contributed by atoms with Crippen LogP contribution in [0.3, 0.4) is 0 Å². The van der Waals surface area contributed by atoms with Crippen molar-refractivity contribution < 1.29 is 45.5 Å². The highest BCUT2D eigenvalue weighted by Crippen LogP contribution is 2.26. The summed E-state index contributed by atoms with van der Waals surface area (Å²) in [7, 11) is 0. The van der Waals surface area contributed by atoms with Crippen LogP contribution in [0.5, 0.6) is 5.75 Å². The minimum Gasteiger partial charge on any atom is -0.405 e. The largest absolute Gasteiger partial charge is 0.573 e. The number of hydrogen-bond donors (Lipinski definition) is 1. The molecule has 1 N–H and O–H groups in total. The van der Waals surface area contributed by atoms with Crippen LogP contribution >= 0.6 is 0 Å². The molecule has 0 radical (unpaired) electrons. The van der Waals surface area contributed by atoms with Crippen molar-refractivity contribution in [1.29, 1.82) is 0 Å². The molecule has 0 unspecified atom stereocenters. The Kier molecular flexibility index (Phi) is 4.66. The molecular formula is C10H5F6NO4. The Morgan fingerprint density at radius 3 is 2.10 bits per heavy atom. The van der Waals surface area contributed by atoms with E-state index in [9.17, 15) is 35.9 Å². The molecule has 1 rings (SSSR count). The second-order valence-electron chi connectivity index (χ2n) is 3.36. The Labute approximate surface area is 112 Å². The molecular weight excluding hydrogens is 312 g/mol. The van der Waals surface area contributed by atoms with Crippen LogP contribution in [-0.2, 0) is 9.63 Å². The summed E-state index contributed by atoms with van der Waals surface area (Å²) in [4.78, 5) is 25.1. The number of hydrogen-bond acceptors (Lipinski definition) is 4. The molecule has 1 aromatic carbocycles. The Morgan fingerprint density at radius 2 is 1.57 bits per heavy atom. The second-order valence-corrected chi connectivity index (χ2v) is 3.36. The van der Waals surface area contributed by atoms with Crippen LogP contribution in [0.15, 0.2) is 24.3 Å². The number of amides is 1. The standard InChI is InChI=1S/C10H5F6NO4/c11-9(12,13)8(19)21-17-7(18)5-3-1-2-4-6(5)20-10(14,15)16/h1-4H,(H,17,18). The van der Waals surface area contributed by atoms with E-state index in [4.69, 9.17) is 0 Å². The molecule has 0 aliphatic heterocycles. The summed E-state index contributed by atoms with van der Waals surface area (Å²) in [5.41, 5.74) is 0.302. The maximum atomic E-state index is 12.1. The molecule has 0 atom stereocenters. The predicted octanol–water partition coefficient (Wildman–Crippen LogP) is 2.34. The topological polar surface area (TPSA) is 64.6 Å². The third-order valence-electron chi connectivity index (χ3n) is 1.83. The molecule has 0 saturated carbocycles. The smallest absolute Gasteiger partial charge is 0.405 e. The molecule has 116 valence electrons. The molecule has 0 heterocycles. The van der Waals surface area contributed by atoms with Crippen molar-refractivity contribution in [2.24, 2.45) is 0 Å². The minimum absolute atomic E-state index is 0.758. The van der Waals surface area contributed by atoms with E-state index in [1.807, 2.05) is 0 Å². The van der Waals surface area contributed by atoms with Crippen molar-refractivity contribution >= 4 is 11.9 Å². The molecule has 0 saturated heterocycles. The fourth-order valence-electron chi connectivity index (χ4n) is 1.07. The highest BCUT2D eigenvalue weighted by molar-refractivity contribution is 5.97. The fourth-order valence-corrected chi connectivity index (χ4v) is 1.07.